The number of hydrogen-bond donors (Lipinski definition) is 0. The minimum absolute atomic E-state index is 0. The Kier molecular flexibility index (Phi) is 7.73. The normalized spacial score (nSPS) is 19.4. The molecule has 0 N–H and O–H groups in total. The SMILES string of the molecule is C.C=CC1=C(C=C)C(C=C)(CC)c2ccccc2C1.CC. The molecule has 114 valence electrons. The van der Waals surface area contributed by atoms with Crippen LogP contribution in [-0.2, 0) is 11.8 Å². The van der Waals surface area contributed by atoms with E-state index in [2.05, 4.69) is 57.0 Å². The molecule has 1 aliphatic rings. The van der Waals surface area contributed by atoms with Gasteiger partial charge in [-0.3, -0.25) is 0 Å². The van der Waals surface area contributed by atoms with Crippen LogP contribution < -0.4 is 0 Å². The fraction of sp³-hybridized carbons (Fsp3) is 0.333. The summed E-state index contributed by atoms with van der Waals surface area (Å²) in [6.07, 6.45) is 7.92. The third kappa shape index (κ3) is 3.10. The van der Waals surface area contributed by atoms with Crippen molar-refractivity contribution in [3.05, 3.63) is 84.5 Å². The van der Waals surface area contributed by atoms with Gasteiger partial charge in [-0.15, -0.1) is 6.58 Å². The van der Waals surface area contributed by atoms with E-state index in [1.54, 1.807) is 0 Å². The minimum Gasteiger partial charge on any atom is -0.102 e. The first-order chi connectivity index (χ1) is 9.73. The summed E-state index contributed by atoms with van der Waals surface area (Å²) >= 11 is 0. The predicted octanol–water partition coefficient (Wildman–Crippen LogP) is 6.41. The van der Waals surface area contributed by atoms with Crippen molar-refractivity contribution < 1.29 is 0 Å². The van der Waals surface area contributed by atoms with Crippen LogP contribution in [-0.4, -0.2) is 0 Å². The van der Waals surface area contributed by atoms with Gasteiger partial charge in [0.05, 0.1) is 0 Å². The fourth-order valence-corrected chi connectivity index (χ4v) is 3.08. The second kappa shape index (κ2) is 8.46. The van der Waals surface area contributed by atoms with Crippen LogP contribution in [0.1, 0.15) is 45.7 Å². The number of benzene rings is 1. The van der Waals surface area contributed by atoms with Crippen molar-refractivity contribution >= 4 is 0 Å². The summed E-state index contributed by atoms with van der Waals surface area (Å²) < 4.78 is 0. The maximum atomic E-state index is 4.08. The van der Waals surface area contributed by atoms with Crippen LogP contribution in [0, 0.1) is 0 Å². The van der Waals surface area contributed by atoms with E-state index >= 15 is 0 Å². The van der Waals surface area contributed by atoms with Crippen LogP contribution in [0.4, 0.5) is 0 Å². The Labute approximate surface area is 131 Å². The second-order valence-corrected chi connectivity index (χ2v) is 4.71. The molecule has 0 bridgehead atoms. The topological polar surface area (TPSA) is 0 Å². The van der Waals surface area contributed by atoms with Gasteiger partial charge in [0, 0.05) is 5.41 Å². The standard InChI is InChI=1S/C18H20.C2H6.CH4/c1-5-14-13-15-11-9-10-12-17(15)18(7-3,8-4)16(14)6-2;1-2;/h5-7,9-12H,1-3,8,13H2,4H3;1-2H3;1H4. The summed E-state index contributed by atoms with van der Waals surface area (Å²) in [6, 6.07) is 8.62. The van der Waals surface area contributed by atoms with E-state index in [0.717, 1.165) is 12.8 Å². The first-order valence-corrected chi connectivity index (χ1v) is 7.44. The van der Waals surface area contributed by atoms with E-state index in [1.807, 2.05) is 26.0 Å². The van der Waals surface area contributed by atoms with Crippen molar-refractivity contribution in [1.82, 2.24) is 0 Å². The van der Waals surface area contributed by atoms with Crippen molar-refractivity contribution in [1.29, 1.82) is 0 Å². The first-order valence-electron chi connectivity index (χ1n) is 7.44. The molecule has 0 saturated carbocycles. The Morgan fingerprint density at radius 3 is 2.19 bits per heavy atom. The van der Waals surface area contributed by atoms with E-state index in [4.69, 9.17) is 0 Å². The van der Waals surface area contributed by atoms with Crippen molar-refractivity contribution in [3.63, 3.8) is 0 Å². The minimum atomic E-state index is -0.111. The van der Waals surface area contributed by atoms with Crippen LogP contribution >= 0.6 is 0 Å². The molecule has 0 radical (unpaired) electrons. The Morgan fingerprint density at radius 1 is 1.10 bits per heavy atom. The molecule has 1 aliphatic carbocycles. The van der Waals surface area contributed by atoms with Gasteiger partial charge in [0.15, 0.2) is 0 Å². The smallest absolute Gasteiger partial charge is 0.0382 e. The molecule has 0 amide bonds. The molecular formula is C21H30. The Bertz CT molecular complexity index is 531. The summed E-state index contributed by atoms with van der Waals surface area (Å²) in [5.41, 5.74) is 5.15. The molecule has 2 rings (SSSR count). The average Bonchev–Trinajstić information content (AvgIpc) is 2.54. The molecule has 1 atom stereocenters. The van der Waals surface area contributed by atoms with Gasteiger partial charge in [0.25, 0.3) is 0 Å². The summed E-state index contributed by atoms with van der Waals surface area (Å²) in [7, 11) is 0. The van der Waals surface area contributed by atoms with Crippen molar-refractivity contribution in [2.75, 3.05) is 0 Å². The largest absolute Gasteiger partial charge is 0.102 e. The maximum Gasteiger partial charge on any atom is 0.0382 e. The zero-order chi connectivity index (χ0) is 15.2. The van der Waals surface area contributed by atoms with E-state index in [9.17, 15) is 0 Å². The highest BCUT2D eigenvalue weighted by molar-refractivity contribution is 5.58. The van der Waals surface area contributed by atoms with E-state index in [-0.39, 0.29) is 12.8 Å². The van der Waals surface area contributed by atoms with Gasteiger partial charge in [0.1, 0.15) is 0 Å². The highest BCUT2D eigenvalue weighted by Gasteiger charge is 2.36. The number of hydrogen-bond acceptors (Lipinski definition) is 0. The lowest BCUT2D eigenvalue weighted by molar-refractivity contribution is 0.593. The van der Waals surface area contributed by atoms with Gasteiger partial charge in [-0.25, -0.2) is 0 Å². The summed E-state index contributed by atoms with van der Waals surface area (Å²) in [5, 5.41) is 0. The third-order valence-electron chi connectivity index (χ3n) is 4.06. The van der Waals surface area contributed by atoms with Crippen molar-refractivity contribution in [2.24, 2.45) is 0 Å². The lowest BCUT2D eigenvalue weighted by Crippen LogP contribution is -2.30. The predicted molar refractivity (Wildman–Crippen MR) is 97.8 cm³/mol. The lowest BCUT2D eigenvalue weighted by Gasteiger charge is -2.38. The van der Waals surface area contributed by atoms with Crippen LogP contribution in [0.25, 0.3) is 0 Å². The van der Waals surface area contributed by atoms with Crippen LogP contribution in [0.15, 0.2) is 73.4 Å². The summed E-state index contributed by atoms with van der Waals surface area (Å²) in [5.74, 6) is 0. The van der Waals surface area contributed by atoms with E-state index < -0.39 is 0 Å². The molecule has 0 spiro atoms. The van der Waals surface area contributed by atoms with Crippen molar-refractivity contribution in [3.8, 4) is 0 Å². The highest BCUT2D eigenvalue weighted by Crippen LogP contribution is 2.45. The van der Waals surface area contributed by atoms with Gasteiger partial charge < -0.3 is 0 Å². The molecule has 1 aromatic rings. The van der Waals surface area contributed by atoms with Crippen LogP contribution in [0.5, 0.6) is 0 Å². The zero-order valence-corrected chi connectivity index (χ0v) is 13.1. The van der Waals surface area contributed by atoms with Gasteiger partial charge >= 0.3 is 0 Å². The summed E-state index contributed by atoms with van der Waals surface area (Å²) in [4.78, 5) is 0. The maximum absolute atomic E-state index is 4.08. The average molecular weight is 282 g/mol. The fourth-order valence-electron chi connectivity index (χ4n) is 3.08. The second-order valence-electron chi connectivity index (χ2n) is 4.71. The first kappa shape index (κ1) is 19.2. The Morgan fingerprint density at radius 2 is 1.71 bits per heavy atom. The molecule has 1 aromatic carbocycles. The number of rotatable bonds is 4. The molecule has 0 heterocycles. The number of fused-ring (bicyclic) bond motifs is 1. The summed E-state index contributed by atoms with van der Waals surface area (Å²) in [6.45, 7) is 18.2. The third-order valence-corrected chi connectivity index (χ3v) is 4.06. The Hall–Kier alpha value is -1.82. The molecule has 21 heavy (non-hydrogen) atoms. The highest BCUT2D eigenvalue weighted by atomic mass is 14.4. The zero-order valence-electron chi connectivity index (χ0n) is 13.1. The molecule has 0 nitrogen and oxygen atoms in total. The molecular weight excluding hydrogens is 252 g/mol. The molecule has 0 saturated heterocycles. The van der Waals surface area contributed by atoms with Crippen LogP contribution in [0.3, 0.4) is 0 Å². The molecule has 1 unspecified atom stereocenters. The van der Waals surface area contributed by atoms with Gasteiger partial charge in [-0.05, 0) is 35.1 Å². The molecule has 0 aliphatic heterocycles. The van der Waals surface area contributed by atoms with Gasteiger partial charge in [-0.2, -0.15) is 0 Å². The van der Waals surface area contributed by atoms with E-state index in [1.165, 1.54) is 22.3 Å². The Balaban J connectivity index is 0.00000128. The quantitative estimate of drug-likeness (QED) is 0.560. The van der Waals surface area contributed by atoms with Gasteiger partial charge in [0.2, 0.25) is 0 Å². The molecule has 0 aromatic heterocycles. The van der Waals surface area contributed by atoms with E-state index in [0.29, 0.717) is 0 Å². The van der Waals surface area contributed by atoms with Crippen LogP contribution in [0.2, 0.25) is 0 Å². The molecule has 0 heteroatoms. The van der Waals surface area contributed by atoms with Crippen molar-refractivity contribution in [2.45, 2.75) is 46.5 Å². The van der Waals surface area contributed by atoms with Gasteiger partial charge in [-0.1, -0.05) is 83.8 Å². The molecule has 0 fully saturated rings. The lowest BCUT2D eigenvalue weighted by atomic mass is 9.65. The number of allylic oxidation sites excluding steroid dienone is 5. The monoisotopic (exact) mass is 282 g/mol.